The lowest BCUT2D eigenvalue weighted by atomic mass is 10.1. The number of rotatable bonds is 6. The Morgan fingerprint density at radius 2 is 1.92 bits per heavy atom. The molecule has 2 rings (SSSR count). The van der Waals surface area contributed by atoms with E-state index in [-0.39, 0.29) is 24.5 Å². The molecule has 0 aliphatic heterocycles. The number of halogens is 1. The molecule has 0 radical (unpaired) electrons. The summed E-state index contributed by atoms with van der Waals surface area (Å²) in [6.07, 6.45) is 0.147. The van der Waals surface area contributed by atoms with Crippen molar-refractivity contribution in [2.75, 3.05) is 12.4 Å². The number of benzene rings is 1. The van der Waals surface area contributed by atoms with E-state index in [0.29, 0.717) is 26.0 Å². The molecule has 0 saturated carbocycles. The zero-order valence-corrected chi connectivity index (χ0v) is 14.8. The van der Waals surface area contributed by atoms with Crippen LogP contribution >= 0.6 is 22.9 Å². The first-order chi connectivity index (χ1) is 11.4. The van der Waals surface area contributed by atoms with Gasteiger partial charge < -0.3 is 10.1 Å². The summed E-state index contributed by atoms with van der Waals surface area (Å²) in [6.45, 7) is 1.72. The number of ketones is 1. The summed E-state index contributed by atoms with van der Waals surface area (Å²) >= 11 is 6.99. The Hall–Kier alpha value is -2.18. The lowest BCUT2D eigenvalue weighted by Gasteiger charge is -2.11. The van der Waals surface area contributed by atoms with Crippen LogP contribution in [0.4, 0.5) is 5.69 Å². The van der Waals surface area contributed by atoms with Crippen molar-refractivity contribution in [3.8, 4) is 0 Å². The number of ether oxygens (including phenoxy) is 1. The Bertz CT molecular complexity index is 785. The minimum atomic E-state index is -0.464. The van der Waals surface area contributed by atoms with Gasteiger partial charge in [0.2, 0.25) is 5.91 Å². The number of nitrogens with one attached hydrogen (secondary N) is 1. The number of methoxy groups -OCH3 is 1. The average Bonchev–Trinajstić information content (AvgIpc) is 3.00. The number of hydrogen-bond donors (Lipinski definition) is 1. The van der Waals surface area contributed by atoms with Crippen molar-refractivity contribution in [2.24, 2.45) is 0 Å². The molecule has 0 atom stereocenters. The molecule has 1 aromatic heterocycles. The van der Waals surface area contributed by atoms with E-state index in [2.05, 4.69) is 5.32 Å². The van der Waals surface area contributed by atoms with Crippen LogP contribution in [0.5, 0.6) is 0 Å². The summed E-state index contributed by atoms with van der Waals surface area (Å²) in [5, 5.41) is 2.72. The highest BCUT2D eigenvalue weighted by atomic mass is 35.5. The molecule has 1 heterocycles. The second-order valence-corrected chi connectivity index (χ2v) is 6.76. The standard InChI is InChI=1S/C17H16ClNO4S/c1-10-11(17(22)23-2)4-3-5-12(10)19-16(21)9-6-13(20)14-7-8-15(18)24-14/h3-5,7-8H,6,9H2,1-2H3,(H,19,21). The van der Waals surface area contributed by atoms with Gasteiger partial charge in [0.1, 0.15) is 0 Å². The molecule has 1 N–H and O–H groups in total. The van der Waals surface area contributed by atoms with Crippen LogP contribution in [-0.2, 0) is 9.53 Å². The van der Waals surface area contributed by atoms with Crippen LogP contribution in [0.3, 0.4) is 0 Å². The van der Waals surface area contributed by atoms with E-state index in [1.165, 1.54) is 18.4 Å². The van der Waals surface area contributed by atoms with Gasteiger partial charge >= 0.3 is 5.97 Å². The fraction of sp³-hybridized carbons (Fsp3) is 0.235. The Kier molecular flexibility index (Phi) is 6.11. The number of Topliss-reactive ketones (excluding diaryl/α,β-unsaturated/α-hetero) is 1. The van der Waals surface area contributed by atoms with Crippen molar-refractivity contribution in [3.63, 3.8) is 0 Å². The molecule has 0 unspecified atom stereocenters. The molecule has 0 fully saturated rings. The minimum Gasteiger partial charge on any atom is -0.465 e. The van der Waals surface area contributed by atoms with E-state index in [0.717, 1.165) is 0 Å². The van der Waals surface area contributed by atoms with Crippen molar-refractivity contribution in [1.82, 2.24) is 0 Å². The first-order valence-electron chi connectivity index (χ1n) is 7.18. The number of hydrogen-bond acceptors (Lipinski definition) is 5. The third-order valence-electron chi connectivity index (χ3n) is 3.44. The van der Waals surface area contributed by atoms with Crippen LogP contribution in [0.15, 0.2) is 30.3 Å². The molecule has 0 spiro atoms. The highest BCUT2D eigenvalue weighted by molar-refractivity contribution is 7.18. The summed E-state index contributed by atoms with van der Waals surface area (Å²) < 4.78 is 5.24. The minimum absolute atomic E-state index is 0.0518. The maximum absolute atomic E-state index is 12.1. The average molecular weight is 366 g/mol. The summed E-state index contributed by atoms with van der Waals surface area (Å²) in [5.74, 6) is -0.883. The van der Waals surface area contributed by atoms with Crippen molar-refractivity contribution in [2.45, 2.75) is 19.8 Å². The lowest BCUT2D eigenvalue weighted by Crippen LogP contribution is -2.15. The fourth-order valence-electron chi connectivity index (χ4n) is 2.13. The summed E-state index contributed by atoms with van der Waals surface area (Å²) in [7, 11) is 1.30. The highest BCUT2D eigenvalue weighted by Gasteiger charge is 2.15. The van der Waals surface area contributed by atoms with Gasteiger partial charge in [-0.15, -0.1) is 11.3 Å². The number of amides is 1. The van der Waals surface area contributed by atoms with Gasteiger partial charge in [0.25, 0.3) is 0 Å². The van der Waals surface area contributed by atoms with E-state index in [9.17, 15) is 14.4 Å². The molecule has 24 heavy (non-hydrogen) atoms. The summed E-state index contributed by atoms with van der Waals surface area (Å²) in [4.78, 5) is 36.2. The van der Waals surface area contributed by atoms with E-state index >= 15 is 0 Å². The summed E-state index contributed by atoms with van der Waals surface area (Å²) in [6, 6.07) is 8.29. The normalized spacial score (nSPS) is 10.3. The zero-order chi connectivity index (χ0) is 17.7. The molecular weight excluding hydrogens is 350 g/mol. The van der Waals surface area contributed by atoms with Gasteiger partial charge in [-0.1, -0.05) is 17.7 Å². The SMILES string of the molecule is COC(=O)c1cccc(NC(=O)CCC(=O)c2ccc(Cl)s2)c1C. The molecule has 5 nitrogen and oxygen atoms in total. The third kappa shape index (κ3) is 4.43. The smallest absolute Gasteiger partial charge is 0.338 e. The summed E-state index contributed by atoms with van der Waals surface area (Å²) in [5.41, 5.74) is 1.53. The third-order valence-corrected chi connectivity index (χ3v) is 4.71. The molecule has 0 saturated heterocycles. The van der Waals surface area contributed by atoms with Crippen LogP contribution in [0.25, 0.3) is 0 Å². The van der Waals surface area contributed by atoms with Crippen LogP contribution in [0, 0.1) is 6.92 Å². The predicted molar refractivity (Wildman–Crippen MR) is 94.0 cm³/mol. The van der Waals surface area contributed by atoms with Gasteiger partial charge in [0.05, 0.1) is 21.9 Å². The van der Waals surface area contributed by atoms with Gasteiger partial charge in [-0.05, 0) is 36.8 Å². The molecular formula is C17H16ClNO4S. The molecule has 7 heteroatoms. The Morgan fingerprint density at radius 1 is 1.17 bits per heavy atom. The Labute approximate surface area is 148 Å². The maximum Gasteiger partial charge on any atom is 0.338 e. The number of carbonyl (C=O) groups is 3. The number of anilines is 1. The van der Waals surface area contributed by atoms with Crippen molar-refractivity contribution in [1.29, 1.82) is 0 Å². The first-order valence-corrected chi connectivity index (χ1v) is 8.38. The number of carbonyl (C=O) groups excluding carboxylic acids is 3. The van der Waals surface area contributed by atoms with E-state index < -0.39 is 5.97 Å². The maximum atomic E-state index is 12.1. The van der Waals surface area contributed by atoms with Crippen LogP contribution in [-0.4, -0.2) is 24.8 Å². The molecule has 1 aromatic carbocycles. The topological polar surface area (TPSA) is 72.5 Å². The second kappa shape index (κ2) is 8.08. The van der Waals surface area contributed by atoms with E-state index in [1.807, 2.05) is 0 Å². The van der Waals surface area contributed by atoms with Crippen LogP contribution in [0.2, 0.25) is 4.34 Å². The predicted octanol–water partition coefficient (Wildman–Crippen LogP) is 4.10. The van der Waals surface area contributed by atoms with Crippen molar-refractivity contribution in [3.05, 3.63) is 50.7 Å². The van der Waals surface area contributed by atoms with Crippen LogP contribution < -0.4 is 5.32 Å². The Morgan fingerprint density at radius 3 is 2.54 bits per heavy atom. The molecule has 126 valence electrons. The van der Waals surface area contributed by atoms with E-state index in [4.69, 9.17) is 16.3 Å². The molecule has 0 aliphatic rings. The van der Waals surface area contributed by atoms with Gasteiger partial charge in [-0.3, -0.25) is 9.59 Å². The van der Waals surface area contributed by atoms with Crippen molar-refractivity contribution >= 4 is 46.3 Å². The fourth-order valence-corrected chi connectivity index (χ4v) is 3.14. The monoisotopic (exact) mass is 365 g/mol. The van der Waals surface area contributed by atoms with Gasteiger partial charge in [-0.25, -0.2) is 4.79 Å². The molecule has 0 bridgehead atoms. The molecule has 1 amide bonds. The first kappa shape index (κ1) is 18.2. The zero-order valence-electron chi connectivity index (χ0n) is 13.2. The van der Waals surface area contributed by atoms with E-state index in [1.54, 1.807) is 37.3 Å². The van der Waals surface area contributed by atoms with Crippen LogP contribution in [0.1, 0.15) is 38.4 Å². The van der Waals surface area contributed by atoms with Crippen molar-refractivity contribution < 1.29 is 19.1 Å². The number of thiophene rings is 1. The second-order valence-electron chi connectivity index (χ2n) is 5.04. The molecule has 0 aliphatic carbocycles. The van der Waals surface area contributed by atoms with Gasteiger partial charge in [-0.2, -0.15) is 0 Å². The largest absolute Gasteiger partial charge is 0.465 e. The highest BCUT2D eigenvalue weighted by Crippen LogP contribution is 2.23. The lowest BCUT2D eigenvalue weighted by molar-refractivity contribution is -0.116. The van der Waals surface area contributed by atoms with Gasteiger partial charge in [0.15, 0.2) is 5.78 Å². The number of esters is 1. The van der Waals surface area contributed by atoms with Gasteiger partial charge in [0, 0.05) is 18.5 Å². The Balaban J connectivity index is 1.97. The quantitative estimate of drug-likeness (QED) is 0.618. The molecule has 2 aromatic rings.